The normalized spacial score (nSPS) is 27.2. The summed E-state index contributed by atoms with van der Waals surface area (Å²) in [6.07, 6.45) is 2.95. The van der Waals surface area contributed by atoms with E-state index in [4.69, 9.17) is 9.47 Å². The average molecular weight is 349 g/mol. The minimum Gasteiger partial charge on any atom is -0.465 e. The fourth-order valence-electron chi connectivity index (χ4n) is 3.97. The lowest BCUT2D eigenvalue weighted by Gasteiger charge is -2.40. The molecule has 1 N–H and O–H groups in total. The quantitative estimate of drug-likeness (QED) is 0.854. The molecule has 0 unspecified atom stereocenters. The van der Waals surface area contributed by atoms with Crippen LogP contribution >= 0.6 is 0 Å². The number of hydrogen-bond donors (Lipinski definition) is 1. The Hall–Kier alpha value is -2.59. The summed E-state index contributed by atoms with van der Waals surface area (Å²) >= 11 is 0. The van der Waals surface area contributed by atoms with E-state index < -0.39 is 11.7 Å². The molecule has 2 aliphatic heterocycles. The van der Waals surface area contributed by atoms with Gasteiger partial charge in [0.15, 0.2) is 5.72 Å². The van der Waals surface area contributed by atoms with Crippen molar-refractivity contribution in [2.45, 2.75) is 31.6 Å². The third-order valence-corrected chi connectivity index (χ3v) is 5.32. The molecule has 2 heterocycles. The van der Waals surface area contributed by atoms with E-state index in [1.165, 1.54) is 5.56 Å². The van der Waals surface area contributed by atoms with Gasteiger partial charge in [-0.2, -0.15) is 0 Å². The number of benzene rings is 2. The van der Waals surface area contributed by atoms with Crippen molar-refractivity contribution in [2.75, 3.05) is 6.54 Å². The molecule has 2 aromatic carbocycles. The summed E-state index contributed by atoms with van der Waals surface area (Å²) < 4.78 is 11.6. The van der Waals surface area contributed by atoms with E-state index in [9.17, 15) is 4.79 Å². The molecule has 134 valence electrons. The molecule has 0 spiro atoms. The van der Waals surface area contributed by atoms with Gasteiger partial charge in [0.2, 0.25) is 5.76 Å². The van der Waals surface area contributed by atoms with Crippen LogP contribution in [0.15, 0.2) is 72.5 Å². The van der Waals surface area contributed by atoms with Crippen LogP contribution in [0.3, 0.4) is 0 Å². The minimum atomic E-state index is -0.545. The second kappa shape index (κ2) is 6.96. The summed E-state index contributed by atoms with van der Waals surface area (Å²) in [5.41, 5.74) is 1.61. The molecule has 0 bridgehead atoms. The highest BCUT2D eigenvalue weighted by molar-refractivity contribution is 5.86. The van der Waals surface area contributed by atoms with Crippen molar-refractivity contribution in [1.29, 1.82) is 0 Å². The zero-order chi connectivity index (χ0) is 18.0. The van der Waals surface area contributed by atoms with Gasteiger partial charge in [0.1, 0.15) is 6.61 Å². The summed E-state index contributed by atoms with van der Waals surface area (Å²) in [6, 6.07) is 20.0. The van der Waals surface area contributed by atoms with Gasteiger partial charge < -0.3 is 9.47 Å². The molecule has 4 nitrogen and oxygen atoms in total. The fourth-order valence-corrected chi connectivity index (χ4v) is 3.97. The van der Waals surface area contributed by atoms with Crippen LogP contribution < -0.4 is 5.32 Å². The van der Waals surface area contributed by atoms with Crippen molar-refractivity contribution in [3.63, 3.8) is 0 Å². The molecule has 2 aliphatic rings. The zero-order valence-corrected chi connectivity index (χ0v) is 14.9. The lowest BCUT2D eigenvalue weighted by Crippen LogP contribution is -2.49. The van der Waals surface area contributed by atoms with Gasteiger partial charge in [0.25, 0.3) is 0 Å². The number of esters is 1. The molecule has 4 heteroatoms. The van der Waals surface area contributed by atoms with Gasteiger partial charge in [-0.3, -0.25) is 5.32 Å². The summed E-state index contributed by atoms with van der Waals surface area (Å²) in [5, 5.41) is 3.42. The van der Waals surface area contributed by atoms with E-state index in [1.807, 2.05) is 61.5 Å². The first-order chi connectivity index (χ1) is 12.7. The number of nitrogens with one attached hydrogen (secondary N) is 1. The number of rotatable bonds is 4. The molecule has 0 aromatic heterocycles. The maximum atomic E-state index is 12.6. The number of hydrogen-bond acceptors (Lipinski definition) is 4. The SMILES string of the molecule is C[C@]12NCC[C@H]1[C@@H](c1ccccc1)C=C(C(=O)OCc1ccccc1)O2. The van der Waals surface area contributed by atoms with Crippen molar-refractivity contribution in [3.8, 4) is 0 Å². The Morgan fingerprint density at radius 1 is 1.15 bits per heavy atom. The van der Waals surface area contributed by atoms with Crippen molar-refractivity contribution in [1.82, 2.24) is 5.32 Å². The highest BCUT2D eigenvalue weighted by Crippen LogP contribution is 2.45. The lowest BCUT2D eigenvalue weighted by atomic mass is 9.78. The Balaban J connectivity index is 1.57. The first kappa shape index (κ1) is 16.9. The van der Waals surface area contributed by atoms with E-state index in [2.05, 4.69) is 17.4 Å². The molecule has 2 aromatic rings. The van der Waals surface area contributed by atoms with Crippen molar-refractivity contribution < 1.29 is 14.3 Å². The Morgan fingerprint density at radius 2 is 1.85 bits per heavy atom. The van der Waals surface area contributed by atoms with E-state index >= 15 is 0 Å². The molecule has 1 fully saturated rings. The van der Waals surface area contributed by atoms with E-state index in [1.54, 1.807) is 0 Å². The Labute approximate surface area is 153 Å². The van der Waals surface area contributed by atoms with Gasteiger partial charge in [-0.15, -0.1) is 0 Å². The highest BCUT2D eigenvalue weighted by atomic mass is 16.6. The molecule has 4 rings (SSSR count). The van der Waals surface area contributed by atoms with Gasteiger partial charge in [-0.05, 0) is 37.1 Å². The van der Waals surface area contributed by atoms with Crippen LogP contribution in [0.1, 0.15) is 30.4 Å². The summed E-state index contributed by atoms with van der Waals surface area (Å²) in [5.74, 6) is 0.297. The van der Waals surface area contributed by atoms with Gasteiger partial charge in [-0.25, -0.2) is 4.79 Å². The molecular weight excluding hydrogens is 326 g/mol. The number of allylic oxidation sites excluding steroid dienone is 1. The first-order valence-corrected chi connectivity index (χ1v) is 9.07. The summed E-state index contributed by atoms with van der Waals surface area (Å²) in [4.78, 5) is 12.6. The molecule has 0 amide bonds. The molecule has 0 radical (unpaired) electrons. The number of carbonyl (C=O) groups is 1. The lowest BCUT2D eigenvalue weighted by molar-refractivity contribution is -0.151. The van der Waals surface area contributed by atoms with E-state index in [0.717, 1.165) is 18.5 Å². The number of fused-ring (bicyclic) bond motifs is 1. The van der Waals surface area contributed by atoms with Gasteiger partial charge in [-0.1, -0.05) is 60.7 Å². The number of carbonyl (C=O) groups excluding carboxylic acids is 1. The Bertz CT molecular complexity index is 803. The predicted molar refractivity (Wildman–Crippen MR) is 99.1 cm³/mol. The largest absolute Gasteiger partial charge is 0.465 e. The second-order valence-corrected chi connectivity index (χ2v) is 7.06. The van der Waals surface area contributed by atoms with E-state index in [-0.39, 0.29) is 18.4 Å². The van der Waals surface area contributed by atoms with Gasteiger partial charge in [0.05, 0.1) is 0 Å². The fraction of sp³-hybridized carbons (Fsp3) is 0.318. The first-order valence-electron chi connectivity index (χ1n) is 9.07. The zero-order valence-electron chi connectivity index (χ0n) is 14.9. The van der Waals surface area contributed by atoms with E-state index in [0.29, 0.717) is 5.76 Å². The van der Waals surface area contributed by atoms with Crippen LogP contribution in [0, 0.1) is 5.92 Å². The van der Waals surface area contributed by atoms with Crippen LogP contribution in [-0.4, -0.2) is 18.2 Å². The number of ether oxygens (including phenoxy) is 2. The third-order valence-electron chi connectivity index (χ3n) is 5.32. The smallest absolute Gasteiger partial charge is 0.373 e. The maximum Gasteiger partial charge on any atom is 0.373 e. The minimum absolute atomic E-state index is 0.129. The Morgan fingerprint density at radius 3 is 2.58 bits per heavy atom. The van der Waals surface area contributed by atoms with Crippen LogP contribution in [0.4, 0.5) is 0 Å². The highest BCUT2D eigenvalue weighted by Gasteiger charge is 2.49. The molecule has 0 saturated carbocycles. The van der Waals surface area contributed by atoms with Crippen LogP contribution in [-0.2, 0) is 20.9 Å². The van der Waals surface area contributed by atoms with Crippen molar-refractivity contribution in [3.05, 3.63) is 83.6 Å². The molecular formula is C22H23NO3. The summed E-state index contributed by atoms with van der Waals surface area (Å²) in [6.45, 7) is 3.15. The third kappa shape index (κ3) is 3.25. The van der Waals surface area contributed by atoms with Crippen molar-refractivity contribution in [2.24, 2.45) is 5.92 Å². The van der Waals surface area contributed by atoms with Crippen LogP contribution in [0.25, 0.3) is 0 Å². The molecule has 1 saturated heterocycles. The van der Waals surface area contributed by atoms with Gasteiger partial charge in [0, 0.05) is 11.8 Å². The maximum absolute atomic E-state index is 12.6. The topological polar surface area (TPSA) is 47.6 Å². The molecule has 0 aliphatic carbocycles. The standard InChI is InChI=1S/C22H23NO3/c1-22-19(12-13-23-22)18(17-10-6-3-7-11-17)14-20(26-22)21(24)25-15-16-8-4-2-5-9-16/h2-11,14,18-19,23H,12-13,15H2,1H3/t18-,19+,22-/m1/s1. The molecule has 26 heavy (non-hydrogen) atoms. The predicted octanol–water partition coefficient (Wildman–Crippen LogP) is 3.75. The van der Waals surface area contributed by atoms with Crippen molar-refractivity contribution >= 4 is 5.97 Å². The Kier molecular flexibility index (Phi) is 4.51. The molecule has 3 atom stereocenters. The average Bonchev–Trinajstić information content (AvgIpc) is 3.08. The van der Waals surface area contributed by atoms with Crippen LogP contribution in [0.5, 0.6) is 0 Å². The monoisotopic (exact) mass is 349 g/mol. The van der Waals surface area contributed by atoms with Crippen LogP contribution in [0.2, 0.25) is 0 Å². The summed E-state index contributed by atoms with van der Waals surface area (Å²) in [7, 11) is 0. The van der Waals surface area contributed by atoms with Gasteiger partial charge >= 0.3 is 5.97 Å². The second-order valence-electron chi connectivity index (χ2n) is 7.06.